The molecule has 0 spiro atoms. The molecule has 0 saturated carbocycles. The molecule has 0 atom stereocenters. The lowest BCUT2D eigenvalue weighted by Crippen LogP contribution is -2.43. The Morgan fingerprint density at radius 1 is 1.41 bits per heavy atom. The van der Waals surface area contributed by atoms with Crippen LogP contribution in [-0.4, -0.2) is 11.4 Å². The van der Waals surface area contributed by atoms with Gasteiger partial charge in [-0.3, -0.25) is 4.79 Å². The lowest BCUT2D eigenvalue weighted by molar-refractivity contribution is 0.0909. The van der Waals surface area contributed by atoms with Crippen molar-refractivity contribution in [2.45, 2.75) is 46.1 Å². The molecular weight excluding hydrogens is 217 g/mol. The predicted octanol–water partition coefficient (Wildman–Crippen LogP) is 3.44. The summed E-state index contributed by atoms with van der Waals surface area (Å²) in [6.07, 6.45) is 1.93. The first-order valence-electron chi connectivity index (χ1n) is 5.94. The van der Waals surface area contributed by atoms with Gasteiger partial charge in [-0.05, 0) is 51.0 Å². The van der Waals surface area contributed by atoms with Gasteiger partial charge in [0.1, 0.15) is 5.82 Å². The molecule has 0 aliphatic carbocycles. The largest absolute Gasteiger partial charge is 0.347 e. The van der Waals surface area contributed by atoms with Gasteiger partial charge >= 0.3 is 0 Å². The number of hydrogen-bond donors (Lipinski definition) is 1. The molecule has 2 nitrogen and oxygen atoms in total. The zero-order valence-corrected chi connectivity index (χ0v) is 10.9. The van der Waals surface area contributed by atoms with Crippen LogP contribution in [0.15, 0.2) is 18.2 Å². The summed E-state index contributed by atoms with van der Waals surface area (Å²) in [5, 5.41) is 2.96. The third kappa shape index (κ3) is 3.84. The minimum absolute atomic E-state index is 0.147. The van der Waals surface area contributed by atoms with Crippen LogP contribution in [0.2, 0.25) is 0 Å². The molecular formula is C14H20FNO. The molecule has 0 aliphatic rings. The first kappa shape index (κ1) is 13.7. The molecule has 0 heterocycles. The van der Waals surface area contributed by atoms with Gasteiger partial charge in [0.2, 0.25) is 0 Å². The molecule has 3 heteroatoms. The van der Waals surface area contributed by atoms with Crippen molar-refractivity contribution in [1.82, 2.24) is 5.32 Å². The van der Waals surface area contributed by atoms with Crippen LogP contribution in [0.3, 0.4) is 0 Å². The fraction of sp³-hybridized carbons (Fsp3) is 0.500. The monoisotopic (exact) mass is 237 g/mol. The Morgan fingerprint density at radius 2 is 2.06 bits per heavy atom. The fourth-order valence-corrected chi connectivity index (χ4v) is 1.85. The summed E-state index contributed by atoms with van der Waals surface area (Å²) in [7, 11) is 0. The Hall–Kier alpha value is -1.38. The van der Waals surface area contributed by atoms with Gasteiger partial charge in [0.05, 0.1) is 0 Å². The normalized spacial score (nSPS) is 11.4. The smallest absolute Gasteiger partial charge is 0.251 e. The second-order valence-electron chi connectivity index (χ2n) is 5.05. The van der Waals surface area contributed by atoms with Crippen molar-refractivity contribution >= 4 is 5.91 Å². The maximum absolute atomic E-state index is 13.1. The Bertz CT molecular complexity index is 413. The number of hydrogen-bond acceptors (Lipinski definition) is 1. The summed E-state index contributed by atoms with van der Waals surface area (Å²) < 4.78 is 13.1. The highest BCUT2D eigenvalue weighted by atomic mass is 19.1. The number of benzene rings is 1. The van der Waals surface area contributed by atoms with Gasteiger partial charge in [-0.2, -0.15) is 0 Å². The second kappa shape index (κ2) is 5.30. The van der Waals surface area contributed by atoms with E-state index in [1.165, 1.54) is 12.1 Å². The van der Waals surface area contributed by atoms with Gasteiger partial charge in [-0.1, -0.05) is 13.3 Å². The number of rotatable bonds is 4. The van der Waals surface area contributed by atoms with E-state index in [9.17, 15) is 9.18 Å². The van der Waals surface area contributed by atoms with Crippen LogP contribution in [-0.2, 0) is 0 Å². The first-order valence-corrected chi connectivity index (χ1v) is 5.94. The molecule has 0 unspecified atom stereocenters. The molecule has 1 aromatic carbocycles. The minimum Gasteiger partial charge on any atom is -0.347 e. The summed E-state index contributed by atoms with van der Waals surface area (Å²) in [6.45, 7) is 7.72. The van der Waals surface area contributed by atoms with Crippen LogP contribution in [0.25, 0.3) is 0 Å². The predicted molar refractivity (Wildman–Crippen MR) is 67.6 cm³/mol. The Balaban J connectivity index is 2.80. The first-order chi connectivity index (χ1) is 7.85. The van der Waals surface area contributed by atoms with Gasteiger partial charge < -0.3 is 5.32 Å². The van der Waals surface area contributed by atoms with Crippen molar-refractivity contribution in [3.8, 4) is 0 Å². The molecule has 94 valence electrons. The number of amides is 1. The zero-order chi connectivity index (χ0) is 13.1. The van der Waals surface area contributed by atoms with Crippen molar-refractivity contribution in [2.75, 3.05) is 0 Å². The van der Waals surface area contributed by atoms with Crippen molar-refractivity contribution < 1.29 is 9.18 Å². The molecule has 0 bridgehead atoms. The van der Waals surface area contributed by atoms with E-state index in [2.05, 4.69) is 12.2 Å². The van der Waals surface area contributed by atoms with Crippen LogP contribution >= 0.6 is 0 Å². The lowest BCUT2D eigenvalue weighted by atomic mass is 9.98. The van der Waals surface area contributed by atoms with Gasteiger partial charge in [0.25, 0.3) is 5.91 Å². The summed E-state index contributed by atoms with van der Waals surface area (Å²) in [6, 6.07) is 4.42. The number of aryl methyl sites for hydroxylation is 1. The van der Waals surface area contributed by atoms with Crippen LogP contribution in [0.5, 0.6) is 0 Å². The van der Waals surface area contributed by atoms with Crippen molar-refractivity contribution in [2.24, 2.45) is 0 Å². The maximum atomic E-state index is 13.1. The summed E-state index contributed by atoms with van der Waals surface area (Å²) in [5.74, 6) is -0.430. The highest BCUT2D eigenvalue weighted by Gasteiger charge is 2.20. The third-order valence-electron chi connectivity index (χ3n) is 2.75. The van der Waals surface area contributed by atoms with E-state index in [0.29, 0.717) is 11.1 Å². The Labute approximate surface area is 102 Å². The van der Waals surface area contributed by atoms with E-state index < -0.39 is 0 Å². The molecule has 0 saturated heterocycles. The number of halogens is 1. The Morgan fingerprint density at radius 3 is 2.59 bits per heavy atom. The van der Waals surface area contributed by atoms with E-state index in [-0.39, 0.29) is 17.3 Å². The topological polar surface area (TPSA) is 29.1 Å². The molecule has 1 aromatic rings. The highest BCUT2D eigenvalue weighted by Crippen LogP contribution is 2.14. The molecule has 1 rings (SSSR count). The SMILES string of the molecule is CCCC(C)(C)NC(=O)c1ccc(F)c(C)c1. The second-order valence-corrected chi connectivity index (χ2v) is 5.05. The quantitative estimate of drug-likeness (QED) is 0.854. The molecule has 1 amide bonds. The maximum Gasteiger partial charge on any atom is 0.251 e. The van der Waals surface area contributed by atoms with E-state index in [1.807, 2.05) is 13.8 Å². The molecule has 1 N–H and O–H groups in total. The van der Waals surface area contributed by atoms with Gasteiger partial charge in [-0.15, -0.1) is 0 Å². The zero-order valence-electron chi connectivity index (χ0n) is 10.9. The standard InChI is InChI=1S/C14H20FNO/c1-5-8-14(3,4)16-13(17)11-6-7-12(15)10(2)9-11/h6-7,9H,5,8H2,1-4H3,(H,16,17). The van der Waals surface area contributed by atoms with Gasteiger partial charge in [0.15, 0.2) is 0 Å². The van der Waals surface area contributed by atoms with Gasteiger partial charge in [-0.25, -0.2) is 4.39 Å². The van der Waals surface area contributed by atoms with E-state index in [4.69, 9.17) is 0 Å². The molecule has 0 fully saturated rings. The van der Waals surface area contributed by atoms with E-state index in [1.54, 1.807) is 13.0 Å². The molecule has 0 radical (unpaired) electrons. The third-order valence-corrected chi connectivity index (χ3v) is 2.75. The molecule has 17 heavy (non-hydrogen) atoms. The summed E-state index contributed by atoms with van der Waals surface area (Å²) in [5.41, 5.74) is 0.771. The van der Waals surface area contributed by atoms with Gasteiger partial charge in [0, 0.05) is 11.1 Å². The Kier molecular flexibility index (Phi) is 4.27. The minimum atomic E-state index is -0.283. The van der Waals surface area contributed by atoms with E-state index >= 15 is 0 Å². The molecule has 0 aromatic heterocycles. The van der Waals surface area contributed by atoms with Crippen LogP contribution < -0.4 is 5.32 Å². The summed E-state index contributed by atoms with van der Waals surface area (Å²) in [4.78, 5) is 12.0. The van der Waals surface area contributed by atoms with Crippen molar-refractivity contribution in [3.63, 3.8) is 0 Å². The number of carbonyl (C=O) groups excluding carboxylic acids is 1. The average molecular weight is 237 g/mol. The van der Waals surface area contributed by atoms with E-state index in [0.717, 1.165) is 12.8 Å². The number of carbonyl (C=O) groups is 1. The number of nitrogens with one attached hydrogen (secondary N) is 1. The van der Waals surface area contributed by atoms with Crippen LogP contribution in [0, 0.1) is 12.7 Å². The fourth-order valence-electron chi connectivity index (χ4n) is 1.85. The lowest BCUT2D eigenvalue weighted by Gasteiger charge is -2.25. The van der Waals surface area contributed by atoms with Crippen LogP contribution in [0.4, 0.5) is 4.39 Å². The van der Waals surface area contributed by atoms with Crippen molar-refractivity contribution in [1.29, 1.82) is 0 Å². The average Bonchev–Trinajstić information content (AvgIpc) is 2.21. The molecule has 0 aliphatic heterocycles. The summed E-state index contributed by atoms with van der Waals surface area (Å²) >= 11 is 0. The van der Waals surface area contributed by atoms with Crippen molar-refractivity contribution in [3.05, 3.63) is 35.1 Å². The van der Waals surface area contributed by atoms with Crippen LogP contribution in [0.1, 0.15) is 49.5 Å². The highest BCUT2D eigenvalue weighted by molar-refractivity contribution is 5.94.